The van der Waals surface area contributed by atoms with Crippen LogP contribution in [0.5, 0.6) is 0 Å². The molecule has 2 aromatic rings. The van der Waals surface area contributed by atoms with Crippen molar-refractivity contribution >= 4 is 49.1 Å². The Morgan fingerprint density at radius 1 is 1.46 bits per heavy atom. The molecule has 0 atom stereocenters. The van der Waals surface area contributed by atoms with Gasteiger partial charge in [-0.2, -0.15) is 0 Å². The first-order valence-corrected chi connectivity index (χ1v) is 6.22. The Balaban J connectivity index is 2.49. The van der Waals surface area contributed by atoms with E-state index >= 15 is 0 Å². The third kappa shape index (κ3) is 2.03. The van der Waals surface area contributed by atoms with Crippen LogP contribution in [0.15, 0.2) is 18.2 Å². The lowest BCUT2D eigenvalue weighted by atomic mass is 10.3. The van der Waals surface area contributed by atoms with Crippen LogP contribution in [-0.2, 0) is 6.42 Å². The molecule has 0 N–H and O–H groups in total. The lowest BCUT2D eigenvalue weighted by Gasteiger charge is -1.86. The number of fused-ring (bicyclic) bond motifs is 1. The molecule has 1 heterocycles. The first-order valence-electron chi connectivity index (χ1n) is 3.90. The molecule has 0 spiro atoms. The Kier molecular flexibility index (Phi) is 2.86. The number of aromatic nitrogens is 1. The minimum Gasteiger partial charge on any atom is -0.241 e. The van der Waals surface area contributed by atoms with Gasteiger partial charge in [0.1, 0.15) is 0 Å². The topological polar surface area (TPSA) is 12.9 Å². The molecule has 0 aliphatic heterocycles. The molecule has 2 rings (SSSR count). The normalized spacial score (nSPS) is 10.9. The van der Waals surface area contributed by atoms with Crippen molar-refractivity contribution in [2.24, 2.45) is 0 Å². The van der Waals surface area contributed by atoms with Gasteiger partial charge in [-0.15, -0.1) is 11.3 Å². The zero-order valence-electron chi connectivity index (χ0n) is 6.76. The highest BCUT2D eigenvalue weighted by Gasteiger charge is 2.02. The molecule has 13 heavy (non-hydrogen) atoms. The molecule has 0 saturated heterocycles. The zero-order chi connectivity index (χ0) is 9.26. The Morgan fingerprint density at radius 2 is 2.31 bits per heavy atom. The molecular weight excluding hydrogens is 270 g/mol. The van der Waals surface area contributed by atoms with Gasteiger partial charge in [0, 0.05) is 16.8 Å². The van der Waals surface area contributed by atoms with Crippen LogP contribution in [0, 0.1) is 0 Å². The van der Waals surface area contributed by atoms with E-state index in [2.05, 4.69) is 20.9 Å². The summed E-state index contributed by atoms with van der Waals surface area (Å²) in [5.74, 6) is 0. The van der Waals surface area contributed by atoms with E-state index in [0.29, 0.717) is 0 Å². The number of alkyl halides is 1. The lowest BCUT2D eigenvalue weighted by Crippen LogP contribution is -1.81. The van der Waals surface area contributed by atoms with Gasteiger partial charge in [-0.25, -0.2) is 4.98 Å². The van der Waals surface area contributed by atoms with E-state index in [-0.39, 0.29) is 0 Å². The number of hydrogen-bond donors (Lipinski definition) is 0. The van der Waals surface area contributed by atoms with Crippen molar-refractivity contribution in [2.45, 2.75) is 6.42 Å². The van der Waals surface area contributed by atoms with Crippen LogP contribution in [0.4, 0.5) is 0 Å². The molecule has 0 fully saturated rings. The molecule has 1 aromatic heterocycles. The quantitative estimate of drug-likeness (QED) is 0.759. The van der Waals surface area contributed by atoms with Crippen molar-refractivity contribution < 1.29 is 0 Å². The van der Waals surface area contributed by atoms with Gasteiger partial charge >= 0.3 is 0 Å². The summed E-state index contributed by atoms with van der Waals surface area (Å²) < 4.78 is 1.17. The molecule has 1 aromatic carbocycles. The second-order valence-corrected chi connectivity index (χ2v) is 5.00. The van der Waals surface area contributed by atoms with Gasteiger partial charge in [0.25, 0.3) is 0 Å². The van der Waals surface area contributed by atoms with E-state index in [1.54, 1.807) is 11.3 Å². The van der Waals surface area contributed by atoms with Crippen LogP contribution < -0.4 is 0 Å². The van der Waals surface area contributed by atoms with Gasteiger partial charge in [0.05, 0.1) is 15.2 Å². The first kappa shape index (κ1) is 9.44. The monoisotopic (exact) mass is 275 g/mol. The second kappa shape index (κ2) is 3.95. The van der Waals surface area contributed by atoms with E-state index in [0.717, 1.165) is 27.3 Å². The SMILES string of the molecule is Clc1ccc2nc(CCBr)sc2c1. The molecule has 1 nitrogen and oxygen atoms in total. The Bertz CT molecular complexity index is 426. The van der Waals surface area contributed by atoms with E-state index in [1.807, 2.05) is 18.2 Å². The number of rotatable bonds is 2. The molecular formula is C9H7BrClNS. The van der Waals surface area contributed by atoms with Crippen LogP contribution >= 0.6 is 38.9 Å². The van der Waals surface area contributed by atoms with E-state index in [1.165, 1.54) is 4.70 Å². The maximum Gasteiger partial charge on any atom is 0.0946 e. The third-order valence-electron chi connectivity index (χ3n) is 1.70. The van der Waals surface area contributed by atoms with Gasteiger partial charge in [0.15, 0.2) is 0 Å². The van der Waals surface area contributed by atoms with Crippen LogP contribution in [0.2, 0.25) is 5.02 Å². The number of aryl methyl sites for hydroxylation is 1. The summed E-state index contributed by atoms with van der Waals surface area (Å²) in [7, 11) is 0. The standard InChI is InChI=1S/C9H7BrClNS/c10-4-3-9-12-7-2-1-6(11)5-8(7)13-9/h1-2,5H,3-4H2. The maximum atomic E-state index is 5.87. The number of benzene rings is 1. The summed E-state index contributed by atoms with van der Waals surface area (Å²) in [5, 5.41) is 2.90. The van der Waals surface area contributed by atoms with Crippen molar-refractivity contribution in [1.82, 2.24) is 4.98 Å². The molecule has 0 radical (unpaired) electrons. The van der Waals surface area contributed by atoms with Crippen molar-refractivity contribution in [3.63, 3.8) is 0 Å². The molecule has 0 saturated carbocycles. The number of nitrogens with zero attached hydrogens (tertiary/aromatic N) is 1. The fraction of sp³-hybridized carbons (Fsp3) is 0.222. The van der Waals surface area contributed by atoms with Gasteiger partial charge in [-0.3, -0.25) is 0 Å². The van der Waals surface area contributed by atoms with Gasteiger partial charge in [0.2, 0.25) is 0 Å². The fourth-order valence-electron chi connectivity index (χ4n) is 1.13. The highest BCUT2D eigenvalue weighted by molar-refractivity contribution is 9.09. The van der Waals surface area contributed by atoms with E-state index in [4.69, 9.17) is 11.6 Å². The van der Waals surface area contributed by atoms with Crippen LogP contribution in [0.3, 0.4) is 0 Å². The van der Waals surface area contributed by atoms with E-state index < -0.39 is 0 Å². The summed E-state index contributed by atoms with van der Waals surface area (Å²) in [6.07, 6.45) is 0.983. The Labute approximate surface area is 93.9 Å². The minimum atomic E-state index is 0.779. The van der Waals surface area contributed by atoms with Crippen molar-refractivity contribution in [2.75, 3.05) is 5.33 Å². The molecule has 0 amide bonds. The molecule has 4 heteroatoms. The second-order valence-electron chi connectivity index (χ2n) is 2.66. The third-order valence-corrected chi connectivity index (χ3v) is 3.41. The summed E-state index contributed by atoms with van der Waals surface area (Å²) in [4.78, 5) is 4.47. The highest BCUT2D eigenvalue weighted by atomic mass is 79.9. The predicted molar refractivity (Wildman–Crippen MR) is 62.1 cm³/mol. The Hall–Kier alpha value is -0.120. The molecule has 68 valence electrons. The summed E-state index contributed by atoms with van der Waals surface area (Å²) in [5.41, 5.74) is 1.05. The minimum absolute atomic E-state index is 0.779. The largest absolute Gasteiger partial charge is 0.241 e. The molecule has 0 unspecified atom stereocenters. The summed E-state index contributed by atoms with van der Waals surface area (Å²) in [6.45, 7) is 0. The molecule has 0 aliphatic rings. The van der Waals surface area contributed by atoms with Gasteiger partial charge < -0.3 is 0 Å². The zero-order valence-corrected chi connectivity index (χ0v) is 9.92. The number of hydrogen-bond acceptors (Lipinski definition) is 2. The van der Waals surface area contributed by atoms with Gasteiger partial charge in [-0.1, -0.05) is 27.5 Å². The average Bonchev–Trinajstić information content (AvgIpc) is 2.46. The smallest absolute Gasteiger partial charge is 0.0946 e. The molecule has 0 aliphatic carbocycles. The molecule has 0 bridgehead atoms. The van der Waals surface area contributed by atoms with Crippen LogP contribution in [0.25, 0.3) is 10.2 Å². The number of halogens is 2. The summed E-state index contributed by atoms with van der Waals surface area (Å²) >= 11 is 11.0. The fourth-order valence-corrected chi connectivity index (χ4v) is 3.01. The van der Waals surface area contributed by atoms with E-state index in [9.17, 15) is 0 Å². The van der Waals surface area contributed by atoms with Crippen molar-refractivity contribution in [3.05, 3.63) is 28.2 Å². The Morgan fingerprint density at radius 3 is 3.08 bits per heavy atom. The first-order chi connectivity index (χ1) is 6.29. The predicted octanol–water partition coefficient (Wildman–Crippen LogP) is 3.89. The number of thiazole rings is 1. The maximum absolute atomic E-state index is 5.87. The van der Waals surface area contributed by atoms with Gasteiger partial charge in [-0.05, 0) is 18.2 Å². The summed E-state index contributed by atoms with van der Waals surface area (Å²) in [6, 6.07) is 5.81. The van der Waals surface area contributed by atoms with Crippen LogP contribution in [-0.4, -0.2) is 10.3 Å². The van der Waals surface area contributed by atoms with Crippen molar-refractivity contribution in [3.8, 4) is 0 Å². The van der Waals surface area contributed by atoms with Crippen LogP contribution in [0.1, 0.15) is 5.01 Å². The van der Waals surface area contributed by atoms with Crippen molar-refractivity contribution in [1.29, 1.82) is 0 Å². The lowest BCUT2D eigenvalue weighted by molar-refractivity contribution is 1.13. The highest BCUT2D eigenvalue weighted by Crippen LogP contribution is 2.25. The average molecular weight is 277 g/mol.